The van der Waals surface area contributed by atoms with Crippen LogP contribution in [0.5, 0.6) is 5.75 Å². The monoisotopic (exact) mass is 202 g/mol. The van der Waals surface area contributed by atoms with Crippen LogP contribution in [0.3, 0.4) is 0 Å². The predicted octanol–water partition coefficient (Wildman–Crippen LogP) is 1.80. The topological polar surface area (TPSA) is 46.5 Å². The van der Waals surface area contributed by atoms with Crippen LogP contribution >= 0.6 is 0 Å². The van der Waals surface area contributed by atoms with Crippen LogP contribution in [0.15, 0.2) is 30.3 Å². The Hall–Kier alpha value is -2.21. The molecule has 1 aromatic carbocycles. The van der Waals surface area contributed by atoms with Crippen LogP contribution in [0.4, 0.5) is 0 Å². The third-order valence-corrected chi connectivity index (χ3v) is 1.60. The van der Waals surface area contributed by atoms with E-state index >= 15 is 0 Å². The quantitative estimate of drug-likeness (QED) is 0.598. The van der Waals surface area contributed by atoms with Gasteiger partial charge in [0.25, 0.3) is 0 Å². The predicted molar refractivity (Wildman–Crippen MR) is 57.4 cm³/mol. The van der Waals surface area contributed by atoms with Crippen molar-refractivity contribution in [1.82, 2.24) is 0 Å². The Labute approximate surface area is 88.0 Å². The maximum absolute atomic E-state index is 10.3. The number of carboxylic acid groups (broad SMARTS) is 1. The molecule has 0 heterocycles. The summed E-state index contributed by atoms with van der Waals surface area (Å²) in [6.45, 7) is 0.200. The molecule has 0 bridgehead atoms. The van der Waals surface area contributed by atoms with E-state index in [0.29, 0.717) is 5.75 Å². The van der Waals surface area contributed by atoms with Gasteiger partial charge in [-0.2, -0.15) is 0 Å². The molecule has 0 fully saturated rings. The zero-order valence-electron chi connectivity index (χ0n) is 8.01. The lowest BCUT2D eigenvalue weighted by atomic mass is 10.2. The number of aliphatic carboxylic acids is 1. The third-order valence-electron chi connectivity index (χ3n) is 1.60. The summed E-state index contributed by atoms with van der Waals surface area (Å²) in [6.07, 6.45) is 7.61. The highest BCUT2D eigenvalue weighted by Gasteiger charge is 1.94. The smallest absolute Gasteiger partial charge is 0.328 e. The number of hydrogen-bond acceptors (Lipinski definition) is 2. The summed E-state index contributed by atoms with van der Waals surface area (Å²) < 4.78 is 5.19. The van der Waals surface area contributed by atoms with Crippen molar-refractivity contribution in [2.45, 2.75) is 0 Å². The van der Waals surface area contributed by atoms with Crippen LogP contribution in [-0.2, 0) is 4.79 Å². The van der Waals surface area contributed by atoms with Crippen molar-refractivity contribution in [3.63, 3.8) is 0 Å². The fourth-order valence-electron chi connectivity index (χ4n) is 1.00. The first-order valence-electron chi connectivity index (χ1n) is 4.29. The molecule has 1 aromatic rings. The van der Waals surface area contributed by atoms with Crippen molar-refractivity contribution < 1.29 is 14.6 Å². The molecule has 1 rings (SSSR count). The first-order chi connectivity index (χ1) is 7.22. The Morgan fingerprint density at radius 3 is 3.07 bits per heavy atom. The number of ether oxygens (including phenoxy) is 1. The van der Waals surface area contributed by atoms with Gasteiger partial charge >= 0.3 is 5.97 Å². The van der Waals surface area contributed by atoms with E-state index in [1.807, 2.05) is 0 Å². The fraction of sp³-hybridized carbons (Fsp3) is 0.0833. The minimum absolute atomic E-state index is 0.200. The summed E-state index contributed by atoms with van der Waals surface area (Å²) in [5.74, 6) is 2.00. The molecule has 0 amide bonds. The largest absolute Gasteiger partial charge is 0.481 e. The van der Waals surface area contributed by atoms with Crippen LogP contribution in [-0.4, -0.2) is 17.7 Å². The molecule has 0 radical (unpaired) electrons. The van der Waals surface area contributed by atoms with E-state index in [2.05, 4.69) is 5.92 Å². The molecule has 0 aliphatic rings. The Balaban J connectivity index is 2.74. The van der Waals surface area contributed by atoms with E-state index in [1.54, 1.807) is 24.3 Å². The van der Waals surface area contributed by atoms with Crippen LogP contribution in [0.1, 0.15) is 5.56 Å². The summed E-state index contributed by atoms with van der Waals surface area (Å²) in [5.41, 5.74) is 0.756. The molecule has 0 atom stereocenters. The summed E-state index contributed by atoms with van der Waals surface area (Å²) in [4.78, 5) is 10.3. The Morgan fingerprint density at radius 2 is 2.40 bits per heavy atom. The number of carbonyl (C=O) groups is 1. The van der Waals surface area contributed by atoms with Crippen molar-refractivity contribution in [3.05, 3.63) is 35.9 Å². The van der Waals surface area contributed by atoms with Gasteiger partial charge < -0.3 is 9.84 Å². The van der Waals surface area contributed by atoms with Crippen LogP contribution in [0.2, 0.25) is 0 Å². The van der Waals surface area contributed by atoms with Crippen LogP contribution < -0.4 is 4.74 Å². The second kappa shape index (κ2) is 5.51. The SMILES string of the molecule is C#CCOc1cccc(/C=C/C(=O)O)c1. The second-order valence-corrected chi connectivity index (χ2v) is 2.74. The van der Waals surface area contributed by atoms with Gasteiger partial charge in [-0.15, -0.1) is 6.42 Å². The summed E-state index contributed by atoms with van der Waals surface area (Å²) in [5, 5.41) is 8.44. The molecular weight excluding hydrogens is 192 g/mol. The first-order valence-corrected chi connectivity index (χ1v) is 4.29. The van der Waals surface area contributed by atoms with E-state index in [1.165, 1.54) is 6.08 Å². The molecule has 3 nitrogen and oxygen atoms in total. The summed E-state index contributed by atoms with van der Waals surface area (Å²) >= 11 is 0. The average molecular weight is 202 g/mol. The summed E-state index contributed by atoms with van der Waals surface area (Å²) in [6, 6.07) is 7.03. The minimum atomic E-state index is -0.982. The van der Waals surface area contributed by atoms with Gasteiger partial charge in [-0.1, -0.05) is 18.1 Å². The zero-order chi connectivity index (χ0) is 11.1. The van der Waals surface area contributed by atoms with Gasteiger partial charge in [0, 0.05) is 6.08 Å². The van der Waals surface area contributed by atoms with E-state index in [-0.39, 0.29) is 6.61 Å². The van der Waals surface area contributed by atoms with Gasteiger partial charge in [0.2, 0.25) is 0 Å². The van der Waals surface area contributed by atoms with E-state index in [4.69, 9.17) is 16.3 Å². The number of rotatable bonds is 4. The maximum Gasteiger partial charge on any atom is 0.328 e. The molecule has 76 valence electrons. The highest BCUT2D eigenvalue weighted by atomic mass is 16.5. The number of benzene rings is 1. The highest BCUT2D eigenvalue weighted by Crippen LogP contribution is 2.14. The average Bonchev–Trinajstić information content (AvgIpc) is 2.24. The fourth-order valence-corrected chi connectivity index (χ4v) is 1.00. The molecule has 0 spiro atoms. The van der Waals surface area contributed by atoms with E-state index in [0.717, 1.165) is 11.6 Å². The van der Waals surface area contributed by atoms with Crippen LogP contribution in [0, 0.1) is 12.3 Å². The Morgan fingerprint density at radius 1 is 1.60 bits per heavy atom. The van der Waals surface area contributed by atoms with Gasteiger partial charge in [-0.05, 0) is 23.8 Å². The normalized spacial score (nSPS) is 9.80. The number of carboxylic acids is 1. The van der Waals surface area contributed by atoms with Gasteiger partial charge in [0.15, 0.2) is 0 Å². The molecule has 1 N–H and O–H groups in total. The lowest BCUT2D eigenvalue weighted by Gasteiger charge is -2.02. The third kappa shape index (κ3) is 4.01. The van der Waals surface area contributed by atoms with Gasteiger partial charge in [0.05, 0.1) is 0 Å². The van der Waals surface area contributed by atoms with Crippen molar-refractivity contribution in [2.75, 3.05) is 6.61 Å². The highest BCUT2D eigenvalue weighted by molar-refractivity contribution is 5.85. The molecule has 15 heavy (non-hydrogen) atoms. The molecule has 0 saturated carbocycles. The second-order valence-electron chi connectivity index (χ2n) is 2.74. The van der Waals surface area contributed by atoms with Crippen LogP contribution in [0.25, 0.3) is 6.08 Å². The molecule has 0 aliphatic heterocycles. The van der Waals surface area contributed by atoms with Gasteiger partial charge in [-0.3, -0.25) is 0 Å². The zero-order valence-corrected chi connectivity index (χ0v) is 8.01. The lowest BCUT2D eigenvalue weighted by Crippen LogP contribution is -1.93. The molecule has 0 aromatic heterocycles. The number of hydrogen-bond donors (Lipinski definition) is 1. The number of terminal acetylenes is 1. The molecule has 0 aliphatic carbocycles. The first kappa shape index (κ1) is 10.9. The summed E-state index contributed by atoms with van der Waals surface area (Å²) in [7, 11) is 0. The maximum atomic E-state index is 10.3. The standard InChI is InChI=1S/C12H10O3/c1-2-8-15-11-5-3-4-10(9-11)6-7-12(13)14/h1,3-7,9H,8H2,(H,13,14)/b7-6+. The molecular formula is C12H10O3. The van der Waals surface area contributed by atoms with E-state index in [9.17, 15) is 4.79 Å². The molecule has 3 heteroatoms. The molecule has 0 unspecified atom stereocenters. The van der Waals surface area contributed by atoms with Gasteiger partial charge in [-0.25, -0.2) is 4.79 Å². The van der Waals surface area contributed by atoms with Gasteiger partial charge in [0.1, 0.15) is 12.4 Å². The van der Waals surface area contributed by atoms with E-state index < -0.39 is 5.97 Å². The molecule has 0 saturated heterocycles. The Kier molecular flexibility index (Phi) is 3.99. The minimum Gasteiger partial charge on any atom is -0.481 e. The van der Waals surface area contributed by atoms with Crippen molar-refractivity contribution in [1.29, 1.82) is 0 Å². The lowest BCUT2D eigenvalue weighted by molar-refractivity contribution is -0.131. The Bertz CT molecular complexity index is 413. The van der Waals surface area contributed by atoms with Crippen molar-refractivity contribution >= 4 is 12.0 Å². The van der Waals surface area contributed by atoms with Crippen molar-refractivity contribution in [2.24, 2.45) is 0 Å². The van der Waals surface area contributed by atoms with Crippen molar-refractivity contribution in [3.8, 4) is 18.1 Å².